The van der Waals surface area contributed by atoms with Crippen molar-refractivity contribution in [2.45, 2.75) is 45.4 Å². The summed E-state index contributed by atoms with van der Waals surface area (Å²) < 4.78 is 0. The van der Waals surface area contributed by atoms with Crippen molar-refractivity contribution >= 4 is 32.8 Å². The fourth-order valence-corrected chi connectivity index (χ4v) is 6.77. The first-order chi connectivity index (χ1) is 16.7. The number of benzene rings is 4. The van der Waals surface area contributed by atoms with E-state index in [4.69, 9.17) is 0 Å². The highest BCUT2D eigenvalue weighted by Crippen LogP contribution is 2.51. The second-order valence-corrected chi connectivity index (χ2v) is 11.1. The maximum Gasteiger partial charge on any atom is 0.0454 e. The van der Waals surface area contributed by atoms with Gasteiger partial charge in [0.1, 0.15) is 0 Å². The van der Waals surface area contributed by atoms with Crippen molar-refractivity contribution < 1.29 is 0 Å². The fraction of sp³-hybridized carbons (Fsp3) is 0.235. The molecule has 35 heavy (non-hydrogen) atoms. The molecule has 0 unspecified atom stereocenters. The Morgan fingerprint density at radius 3 is 1.97 bits per heavy atom. The van der Waals surface area contributed by atoms with Gasteiger partial charge in [0.2, 0.25) is 0 Å². The standard InChI is InChI=1S/C34H33N/c1-22-25-20-18-23-12-7-9-14-26(23)31(25)33(2,3)28(22)16-11-17-30-34(4,5)32-27-15-10-8-13-24(27)19-21-29(32)35(30)6/h7-21H,1-6H3/b16-11+,30-17-. The monoisotopic (exact) mass is 455 g/mol. The summed E-state index contributed by atoms with van der Waals surface area (Å²) in [6.07, 6.45) is 6.95. The van der Waals surface area contributed by atoms with Crippen LogP contribution in [0.1, 0.15) is 51.3 Å². The molecule has 0 bridgehead atoms. The SMILES string of the molecule is CC1=C(/C=C/C=C2\N(C)c3ccc4ccccc4c3C2(C)C)C(C)(C)c2c1ccc1ccccc21. The second kappa shape index (κ2) is 7.46. The van der Waals surface area contributed by atoms with E-state index in [0.29, 0.717) is 0 Å². The molecule has 0 radical (unpaired) electrons. The molecule has 174 valence electrons. The predicted octanol–water partition coefficient (Wildman–Crippen LogP) is 8.93. The van der Waals surface area contributed by atoms with E-state index in [1.165, 1.54) is 60.8 Å². The van der Waals surface area contributed by atoms with Crippen molar-refractivity contribution in [2.24, 2.45) is 0 Å². The minimum Gasteiger partial charge on any atom is -0.347 e. The van der Waals surface area contributed by atoms with Gasteiger partial charge in [-0.05, 0) is 68.4 Å². The van der Waals surface area contributed by atoms with Crippen molar-refractivity contribution in [3.05, 3.63) is 119 Å². The molecule has 1 heteroatoms. The van der Waals surface area contributed by atoms with Crippen LogP contribution in [-0.4, -0.2) is 7.05 Å². The van der Waals surface area contributed by atoms with E-state index in [9.17, 15) is 0 Å². The molecule has 1 nitrogen and oxygen atoms in total. The molecule has 0 amide bonds. The Morgan fingerprint density at radius 2 is 1.29 bits per heavy atom. The Labute approximate surface area is 209 Å². The number of anilines is 1. The van der Waals surface area contributed by atoms with Gasteiger partial charge >= 0.3 is 0 Å². The van der Waals surface area contributed by atoms with E-state index >= 15 is 0 Å². The fourth-order valence-electron chi connectivity index (χ4n) is 6.77. The van der Waals surface area contributed by atoms with Crippen LogP contribution in [0.15, 0.2) is 102 Å². The van der Waals surface area contributed by atoms with Crippen LogP contribution in [0, 0.1) is 0 Å². The molecule has 1 aliphatic carbocycles. The van der Waals surface area contributed by atoms with Crippen LogP contribution in [0.2, 0.25) is 0 Å². The van der Waals surface area contributed by atoms with E-state index in [-0.39, 0.29) is 10.8 Å². The lowest BCUT2D eigenvalue weighted by atomic mass is 9.78. The molecular weight excluding hydrogens is 422 g/mol. The van der Waals surface area contributed by atoms with Gasteiger partial charge in [-0.1, -0.05) is 107 Å². The zero-order chi connectivity index (χ0) is 24.5. The Kier molecular flexibility index (Phi) is 4.67. The molecule has 4 aromatic rings. The number of fused-ring (bicyclic) bond motifs is 6. The number of likely N-dealkylation sites (N-methyl/N-ethyl adjacent to an activating group) is 1. The van der Waals surface area contributed by atoms with Gasteiger partial charge in [0.15, 0.2) is 0 Å². The molecule has 0 aromatic heterocycles. The average Bonchev–Trinajstić information content (AvgIpc) is 3.17. The Morgan fingerprint density at radius 1 is 0.686 bits per heavy atom. The molecule has 0 spiro atoms. The zero-order valence-electron chi connectivity index (χ0n) is 21.6. The Hall–Kier alpha value is -3.58. The topological polar surface area (TPSA) is 3.24 Å². The minimum absolute atomic E-state index is 0.0362. The number of nitrogens with zero attached hydrogens (tertiary/aromatic N) is 1. The van der Waals surface area contributed by atoms with Crippen molar-refractivity contribution in [1.82, 2.24) is 0 Å². The highest BCUT2D eigenvalue weighted by molar-refractivity contribution is 5.97. The third-order valence-corrected chi connectivity index (χ3v) is 8.45. The van der Waals surface area contributed by atoms with E-state index in [1.54, 1.807) is 0 Å². The summed E-state index contributed by atoms with van der Waals surface area (Å²) >= 11 is 0. The summed E-state index contributed by atoms with van der Waals surface area (Å²) in [5.74, 6) is 0. The summed E-state index contributed by atoms with van der Waals surface area (Å²) in [5, 5.41) is 5.35. The summed E-state index contributed by atoms with van der Waals surface area (Å²) in [6, 6.07) is 26.6. The predicted molar refractivity (Wildman–Crippen MR) is 152 cm³/mol. The maximum absolute atomic E-state index is 2.37. The summed E-state index contributed by atoms with van der Waals surface area (Å²) in [5.41, 5.74) is 9.60. The molecule has 2 aliphatic rings. The summed E-state index contributed by atoms with van der Waals surface area (Å²) in [4.78, 5) is 2.37. The molecule has 0 saturated heterocycles. The van der Waals surface area contributed by atoms with E-state index in [2.05, 4.69) is 138 Å². The minimum atomic E-state index is -0.0664. The molecule has 0 fully saturated rings. The van der Waals surface area contributed by atoms with Crippen LogP contribution in [0.25, 0.3) is 27.1 Å². The summed E-state index contributed by atoms with van der Waals surface area (Å²) in [6.45, 7) is 11.7. The van der Waals surface area contributed by atoms with Crippen molar-refractivity contribution in [1.29, 1.82) is 0 Å². The number of rotatable bonds is 2. The highest BCUT2D eigenvalue weighted by Gasteiger charge is 2.40. The van der Waals surface area contributed by atoms with Gasteiger partial charge in [0.05, 0.1) is 0 Å². The van der Waals surface area contributed by atoms with Gasteiger partial charge < -0.3 is 4.90 Å². The largest absolute Gasteiger partial charge is 0.347 e. The van der Waals surface area contributed by atoms with E-state index in [1.807, 2.05) is 0 Å². The van der Waals surface area contributed by atoms with Crippen LogP contribution < -0.4 is 4.90 Å². The van der Waals surface area contributed by atoms with Crippen LogP contribution >= 0.6 is 0 Å². The van der Waals surface area contributed by atoms with Gasteiger partial charge in [-0.25, -0.2) is 0 Å². The normalized spacial score (nSPS) is 19.4. The third-order valence-electron chi connectivity index (χ3n) is 8.45. The molecular formula is C34H33N. The Bertz CT molecular complexity index is 1610. The average molecular weight is 456 g/mol. The quantitative estimate of drug-likeness (QED) is 0.292. The molecule has 0 saturated carbocycles. The maximum atomic E-state index is 2.37. The van der Waals surface area contributed by atoms with Crippen LogP contribution in [0.3, 0.4) is 0 Å². The van der Waals surface area contributed by atoms with Gasteiger partial charge in [-0.3, -0.25) is 0 Å². The zero-order valence-corrected chi connectivity index (χ0v) is 21.6. The van der Waals surface area contributed by atoms with Gasteiger partial charge in [0, 0.05) is 29.3 Å². The van der Waals surface area contributed by atoms with Crippen LogP contribution in [0.5, 0.6) is 0 Å². The van der Waals surface area contributed by atoms with Crippen LogP contribution in [0.4, 0.5) is 5.69 Å². The Balaban J connectivity index is 1.42. The number of hydrogen-bond donors (Lipinski definition) is 0. The lowest BCUT2D eigenvalue weighted by Gasteiger charge is -2.25. The van der Waals surface area contributed by atoms with E-state index in [0.717, 1.165) is 0 Å². The smallest absolute Gasteiger partial charge is 0.0454 e. The van der Waals surface area contributed by atoms with Crippen molar-refractivity contribution in [2.75, 3.05) is 11.9 Å². The van der Waals surface area contributed by atoms with Crippen molar-refractivity contribution in [3.8, 4) is 0 Å². The van der Waals surface area contributed by atoms with Gasteiger partial charge in [-0.2, -0.15) is 0 Å². The second-order valence-electron chi connectivity index (χ2n) is 11.1. The lowest BCUT2D eigenvalue weighted by Crippen LogP contribution is -2.22. The highest BCUT2D eigenvalue weighted by atomic mass is 15.2. The van der Waals surface area contributed by atoms with Gasteiger partial charge in [-0.15, -0.1) is 0 Å². The molecule has 1 aliphatic heterocycles. The molecule has 0 atom stereocenters. The van der Waals surface area contributed by atoms with Crippen LogP contribution in [-0.2, 0) is 10.8 Å². The molecule has 1 heterocycles. The first kappa shape index (κ1) is 21.9. The first-order valence-electron chi connectivity index (χ1n) is 12.6. The third kappa shape index (κ3) is 3.01. The molecule has 0 N–H and O–H groups in total. The van der Waals surface area contributed by atoms with Gasteiger partial charge in [0.25, 0.3) is 0 Å². The number of hydrogen-bond acceptors (Lipinski definition) is 1. The van der Waals surface area contributed by atoms with E-state index < -0.39 is 0 Å². The summed E-state index contributed by atoms with van der Waals surface area (Å²) in [7, 11) is 2.20. The lowest BCUT2D eigenvalue weighted by molar-refractivity contribution is 0.644. The molecule has 4 aromatic carbocycles. The van der Waals surface area contributed by atoms with Crippen molar-refractivity contribution in [3.63, 3.8) is 0 Å². The molecule has 6 rings (SSSR count). The number of allylic oxidation sites excluding steroid dienone is 6. The first-order valence-corrected chi connectivity index (χ1v) is 12.6.